The number of ether oxygens (including phenoxy) is 1. The van der Waals surface area contributed by atoms with Crippen molar-refractivity contribution in [3.63, 3.8) is 0 Å². The van der Waals surface area contributed by atoms with Crippen LogP contribution in [0.3, 0.4) is 0 Å². The molecule has 4 heteroatoms. The first-order chi connectivity index (χ1) is 14.7. The molecule has 2 atom stereocenters. The summed E-state index contributed by atoms with van der Waals surface area (Å²) >= 11 is 0. The summed E-state index contributed by atoms with van der Waals surface area (Å²) < 4.78 is 6.03. The molecule has 0 aliphatic heterocycles. The van der Waals surface area contributed by atoms with Gasteiger partial charge in [-0.3, -0.25) is 9.59 Å². The fourth-order valence-electron chi connectivity index (χ4n) is 4.57. The van der Waals surface area contributed by atoms with Gasteiger partial charge < -0.3 is 9.84 Å². The zero-order valence-corrected chi connectivity index (χ0v) is 18.4. The van der Waals surface area contributed by atoms with Gasteiger partial charge in [0.15, 0.2) is 0 Å². The summed E-state index contributed by atoms with van der Waals surface area (Å²) in [6.45, 7) is 8.40. The molecule has 0 saturated heterocycles. The van der Waals surface area contributed by atoms with Crippen molar-refractivity contribution in [2.24, 2.45) is 11.8 Å². The van der Waals surface area contributed by atoms with E-state index in [9.17, 15) is 14.7 Å². The molecule has 0 aromatic heterocycles. The summed E-state index contributed by atoms with van der Waals surface area (Å²) in [5.74, 6) is -2.37. The Hall–Kier alpha value is -3.14. The van der Waals surface area contributed by atoms with E-state index in [0.29, 0.717) is 18.6 Å². The molecule has 0 spiro atoms. The van der Waals surface area contributed by atoms with Gasteiger partial charge in [0.25, 0.3) is 0 Å². The molecule has 0 saturated carbocycles. The first-order valence-electron chi connectivity index (χ1n) is 10.7. The van der Waals surface area contributed by atoms with E-state index in [0.717, 1.165) is 27.1 Å². The van der Waals surface area contributed by atoms with Crippen LogP contribution in [0.5, 0.6) is 5.75 Å². The van der Waals surface area contributed by atoms with Crippen LogP contribution in [0.25, 0.3) is 21.5 Å². The van der Waals surface area contributed by atoms with E-state index in [4.69, 9.17) is 4.74 Å². The van der Waals surface area contributed by atoms with Crippen molar-refractivity contribution in [1.29, 1.82) is 0 Å². The molecular formula is C27H28O4. The predicted molar refractivity (Wildman–Crippen MR) is 123 cm³/mol. The van der Waals surface area contributed by atoms with Crippen LogP contribution in [-0.4, -0.2) is 17.0 Å². The number of carbonyl (C=O) groups is 2. The van der Waals surface area contributed by atoms with Gasteiger partial charge in [-0.05, 0) is 47.6 Å². The molecule has 0 bridgehead atoms. The molecule has 0 amide bonds. The Labute approximate surface area is 182 Å². The van der Waals surface area contributed by atoms with Gasteiger partial charge in [0.1, 0.15) is 5.75 Å². The molecule has 3 aromatic rings. The van der Waals surface area contributed by atoms with Crippen molar-refractivity contribution in [2.45, 2.75) is 46.0 Å². The first kappa shape index (κ1) is 21.1. The standard InChI is InChI=1S/C27H28O4/c1-16-12-13-20(22(14-16)25(28)29)26(30)31-24-18-9-6-5-8-17(18)15-21-19(24)10-7-11-23(21)27(2,3)4/h5-12,15,20,22H,13-14H2,1-4H3,(H,28,29). The lowest BCUT2D eigenvalue weighted by Gasteiger charge is -2.27. The SMILES string of the molecule is CC1=CCC(C(=O)Oc2c3ccccc3cc3c(C(C)(C)C)cccc23)C(C(=O)O)C1. The lowest BCUT2D eigenvalue weighted by molar-refractivity contribution is -0.152. The molecule has 1 aliphatic carbocycles. The highest BCUT2D eigenvalue weighted by Crippen LogP contribution is 2.40. The molecular weight excluding hydrogens is 388 g/mol. The van der Waals surface area contributed by atoms with Crippen LogP contribution in [0.4, 0.5) is 0 Å². The van der Waals surface area contributed by atoms with Gasteiger partial charge in [0.2, 0.25) is 0 Å². The summed E-state index contributed by atoms with van der Waals surface area (Å²) in [5, 5.41) is 13.4. The number of carboxylic acid groups (broad SMARTS) is 1. The molecule has 160 valence electrons. The Morgan fingerprint density at radius 3 is 2.39 bits per heavy atom. The minimum Gasteiger partial charge on any atom is -0.481 e. The zero-order valence-electron chi connectivity index (χ0n) is 18.4. The molecule has 4 nitrogen and oxygen atoms in total. The second-order valence-electron chi connectivity index (χ2n) is 9.54. The molecule has 0 heterocycles. The lowest BCUT2D eigenvalue weighted by atomic mass is 9.80. The van der Waals surface area contributed by atoms with Crippen LogP contribution in [0, 0.1) is 11.8 Å². The van der Waals surface area contributed by atoms with Gasteiger partial charge in [0, 0.05) is 10.8 Å². The van der Waals surface area contributed by atoms with E-state index in [2.05, 4.69) is 32.9 Å². The minimum absolute atomic E-state index is 0.0800. The maximum Gasteiger partial charge on any atom is 0.315 e. The number of aliphatic carboxylic acids is 1. The molecule has 0 fully saturated rings. The largest absolute Gasteiger partial charge is 0.481 e. The number of carbonyl (C=O) groups excluding carboxylic acids is 1. The number of esters is 1. The Morgan fingerprint density at radius 1 is 0.968 bits per heavy atom. The number of carboxylic acids is 1. The maximum atomic E-state index is 13.2. The topological polar surface area (TPSA) is 63.6 Å². The fourth-order valence-corrected chi connectivity index (χ4v) is 4.57. The molecule has 0 radical (unpaired) electrons. The monoisotopic (exact) mass is 416 g/mol. The van der Waals surface area contributed by atoms with E-state index < -0.39 is 23.8 Å². The molecule has 4 rings (SSSR count). The van der Waals surface area contributed by atoms with Crippen LogP contribution < -0.4 is 4.74 Å². The number of fused-ring (bicyclic) bond motifs is 2. The molecule has 2 unspecified atom stereocenters. The fraction of sp³-hybridized carbons (Fsp3) is 0.333. The smallest absolute Gasteiger partial charge is 0.315 e. The van der Waals surface area contributed by atoms with Gasteiger partial charge >= 0.3 is 11.9 Å². The quantitative estimate of drug-likeness (QED) is 0.237. The second-order valence-corrected chi connectivity index (χ2v) is 9.54. The molecule has 3 aromatic carbocycles. The molecule has 1 N–H and O–H groups in total. The minimum atomic E-state index is -0.952. The van der Waals surface area contributed by atoms with E-state index in [-0.39, 0.29) is 5.41 Å². The third kappa shape index (κ3) is 3.95. The van der Waals surface area contributed by atoms with Crippen molar-refractivity contribution < 1.29 is 19.4 Å². The first-order valence-corrected chi connectivity index (χ1v) is 10.7. The van der Waals surface area contributed by atoms with Crippen LogP contribution in [0.1, 0.15) is 46.1 Å². The van der Waals surface area contributed by atoms with E-state index >= 15 is 0 Å². The van der Waals surface area contributed by atoms with Gasteiger partial charge in [-0.1, -0.05) is 74.9 Å². The second kappa shape index (κ2) is 7.84. The van der Waals surface area contributed by atoms with Crippen molar-refractivity contribution in [3.8, 4) is 5.75 Å². The van der Waals surface area contributed by atoms with E-state index in [1.807, 2.05) is 49.4 Å². The lowest BCUT2D eigenvalue weighted by Crippen LogP contribution is -2.34. The van der Waals surface area contributed by atoms with Crippen LogP contribution >= 0.6 is 0 Å². The van der Waals surface area contributed by atoms with Gasteiger partial charge in [-0.15, -0.1) is 0 Å². The average Bonchev–Trinajstić information content (AvgIpc) is 2.72. The predicted octanol–water partition coefficient (Wildman–Crippen LogP) is 6.25. The van der Waals surface area contributed by atoms with Crippen LogP contribution in [0.15, 0.2) is 60.2 Å². The Kier molecular flexibility index (Phi) is 5.34. The summed E-state index contributed by atoms with van der Waals surface area (Å²) in [5.41, 5.74) is 2.10. The molecule has 1 aliphatic rings. The number of hydrogen-bond donors (Lipinski definition) is 1. The Morgan fingerprint density at radius 2 is 1.68 bits per heavy atom. The summed E-state index contributed by atoms with van der Waals surface area (Å²) in [6.07, 6.45) is 2.71. The van der Waals surface area contributed by atoms with Crippen molar-refractivity contribution >= 4 is 33.5 Å². The zero-order chi connectivity index (χ0) is 22.3. The highest BCUT2D eigenvalue weighted by atomic mass is 16.5. The Balaban J connectivity index is 1.86. The van der Waals surface area contributed by atoms with E-state index in [1.54, 1.807) is 0 Å². The van der Waals surface area contributed by atoms with Gasteiger partial charge in [0.05, 0.1) is 11.8 Å². The third-order valence-electron chi connectivity index (χ3n) is 6.23. The van der Waals surface area contributed by atoms with Crippen LogP contribution in [-0.2, 0) is 15.0 Å². The molecule has 31 heavy (non-hydrogen) atoms. The van der Waals surface area contributed by atoms with Crippen molar-refractivity contribution in [1.82, 2.24) is 0 Å². The number of allylic oxidation sites excluding steroid dienone is 2. The summed E-state index contributed by atoms with van der Waals surface area (Å²) in [4.78, 5) is 25.1. The van der Waals surface area contributed by atoms with Crippen molar-refractivity contribution in [3.05, 3.63) is 65.7 Å². The maximum absolute atomic E-state index is 13.2. The van der Waals surface area contributed by atoms with Crippen LogP contribution in [0.2, 0.25) is 0 Å². The Bertz CT molecular complexity index is 1210. The summed E-state index contributed by atoms with van der Waals surface area (Å²) in [6, 6.07) is 16.1. The third-order valence-corrected chi connectivity index (χ3v) is 6.23. The number of rotatable bonds is 3. The average molecular weight is 417 g/mol. The number of hydrogen-bond acceptors (Lipinski definition) is 3. The highest BCUT2D eigenvalue weighted by molar-refractivity contribution is 6.08. The van der Waals surface area contributed by atoms with E-state index in [1.165, 1.54) is 5.56 Å². The number of benzene rings is 3. The highest BCUT2D eigenvalue weighted by Gasteiger charge is 2.37. The normalized spacial score (nSPS) is 19.3. The van der Waals surface area contributed by atoms with Gasteiger partial charge in [-0.25, -0.2) is 0 Å². The van der Waals surface area contributed by atoms with Crippen molar-refractivity contribution in [2.75, 3.05) is 0 Å². The van der Waals surface area contributed by atoms with Gasteiger partial charge in [-0.2, -0.15) is 0 Å². The summed E-state index contributed by atoms with van der Waals surface area (Å²) in [7, 11) is 0.